The third-order valence-corrected chi connectivity index (χ3v) is 23.7. The largest absolute Gasteiger partial charge is 0.493 e. The van der Waals surface area contributed by atoms with Gasteiger partial charge < -0.3 is 79.8 Å². The number of ether oxygens (including phenoxy) is 12. The van der Waals surface area contributed by atoms with Gasteiger partial charge in [0.15, 0.2) is 46.0 Å². The normalized spacial score (nSPS) is 32.6. The summed E-state index contributed by atoms with van der Waals surface area (Å²) in [4.78, 5) is 57.3. The maximum absolute atomic E-state index is 12.9. The summed E-state index contributed by atoms with van der Waals surface area (Å²) >= 11 is 0. The molecule has 0 radical (unpaired) electrons. The number of esters is 4. The minimum absolute atomic E-state index is 0.0231. The number of nitrogens with two attached hydrogens (primary N) is 4. The maximum atomic E-state index is 12.9. The van der Waals surface area contributed by atoms with E-state index in [1.54, 1.807) is 30.9 Å². The number of hydrogen-bond acceptors (Lipinski definition) is 24. The minimum Gasteiger partial charge on any atom is -0.493 e. The van der Waals surface area contributed by atoms with Crippen LogP contribution in [0.15, 0.2) is 48.5 Å². The molecule has 24 nitrogen and oxygen atoms in total. The zero-order valence-corrected chi connectivity index (χ0v) is 74.4. The van der Waals surface area contributed by atoms with Crippen LogP contribution >= 0.6 is 0 Å². The Morgan fingerprint density at radius 2 is 0.558 bits per heavy atom. The molecule has 0 amide bonds. The Kier molecular flexibility index (Phi) is 24.6. The molecule has 8 N–H and O–H groups in total. The van der Waals surface area contributed by atoms with Gasteiger partial charge in [0, 0.05) is 148 Å². The lowest BCUT2D eigenvalue weighted by Crippen LogP contribution is -2.51. The first-order valence-electron chi connectivity index (χ1n) is 54.3. The van der Waals surface area contributed by atoms with Crippen LogP contribution in [0.4, 0.5) is 0 Å². The summed E-state index contributed by atoms with van der Waals surface area (Å²) in [6, 6.07) is 5.58. The van der Waals surface area contributed by atoms with Crippen molar-refractivity contribution in [2.75, 3.05) is 109 Å². The van der Waals surface area contributed by atoms with E-state index < -0.39 is 174 Å². The smallest absolute Gasteiger partial charge is 0.323 e. The van der Waals surface area contributed by atoms with Crippen molar-refractivity contribution < 1.29 is 109 Å². The van der Waals surface area contributed by atoms with Crippen LogP contribution in [0.3, 0.4) is 0 Å². The van der Waals surface area contributed by atoms with Gasteiger partial charge in [-0.05, 0) is 192 Å². The van der Waals surface area contributed by atoms with Gasteiger partial charge in [-0.2, -0.15) is 0 Å². The first kappa shape index (κ1) is 67.3. The Hall–Kier alpha value is -7.16. The molecular weight excluding hydrogens is 1520 g/mol. The molecule has 0 aliphatic carbocycles. The fourth-order valence-corrected chi connectivity index (χ4v) is 16.8. The number of rotatable bonds is 28. The van der Waals surface area contributed by atoms with Gasteiger partial charge in [-0.15, -0.1) is 0 Å². The first-order valence-corrected chi connectivity index (χ1v) is 42.3. The molecule has 4 aromatic carbocycles. The SMILES string of the molecule is [2H]C([2H])([2H])Oc1cc2c(cc1OC)C1CC(OC(=O)[C@@H](N)C(C)C)C(CC(C)C)CN1C([2H])([2H])C2([2H])[2H].[2H]C([2H])([2H])Oc1cc2c(cc1OC)C1CC([2H])(OC(=O)[C@@H](N)C(C)C)C(CC(C)C)CN1C([2H])([2H])C2([2H])[2H].[2H]C1(OC(=O)[C@@H](N)C(C)C)CC2c3cc(OC)c(OC)cc3C([2H])([2H])C([2H])([2H])N2CC1CC(C)C.[2H]C1([2H])c2cc(OC)c(OC)cc2C2CC(OC(=O)[C@@H](N)C(C)C)C(CC(C)C)CN2C1([2H])[2H]. The highest BCUT2D eigenvalue weighted by atomic mass is 16.6. The molecule has 8 aliphatic rings. The molecule has 4 saturated heterocycles. The van der Waals surface area contributed by atoms with Crippen molar-refractivity contribution in [1.82, 2.24) is 19.6 Å². The summed E-state index contributed by atoms with van der Waals surface area (Å²) in [7, 11) is 2.89. The number of aryl methyl sites for hydroxylation is 4. The highest BCUT2D eigenvalue weighted by Crippen LogP contribution is 2.50. The van der Waals surface area contributed by atoms with E-state index in [9.17, 15) is 21.9 Å². The number of piperidine rings is 4. The van der Waals surface area contributed by atoms with Crippen LogP contribution in [0.25, 0.3) is 0 Å². The average molecular weight is 1700 g/mol. The molecule has 8 heterocycles. The van der Waals surface area contributed by atoms with E-state index in [-0.39, 0.29) is 144 Å². The molecule has 12 rings (SSSR count). The number of hydrogen-bond donors (Lipinski definition) is 4. The number of benzene rings is 4. The van der Waals surface area contributed by atoms with Gasteiger partial charge in [-0.25, -0.2) is 0 Å². The molecule has 4 aromatic rings. The summed E-state index contributed by atoms with van der Waals surface area (Å²) in [5, 5.41) is 0. The molecule has 8 aliphatic heterocycles. The second-order valence-electron chi connectivity index (χ2n) is 35.7. The van der Waals surface area contributed by atoms with Crippen molar-refractivity contribution in [3.05, 3.63) is 93.0 Å². The zero-order valence-electron chi connectivity index (χ0n) is 98.4. The van der Waals surface area contributed by atoms with Gasteiger partial charge in [0.2, 0.25) is 0 Å². The molecule has 0 saturated carbocycles. The number of carbonyl (C=O) groups excluding carboxylic acids is 4. The Balaban J connectivity index is 0.000000214. The second-order valence-corrected chi connectivity index (χ2v) is 35.7. The number of fused-ring (bicyclic) bond motifs is 12. The maximum Gasteiger partial charge on any atom is 0.323 e. The van der Waals surface area contributed by atoms with Crippen LogP contribution < -0.4 is 60.8 Å². The van der Waals surface area contributed by atoms with E-state index in [1.165, 1.54) is 87.7 Å². The molecule has 0 spiro atoms. The topological polar surface area (TPSA) is 296 Å². The van der Waals surface area contributed by atoms with Crippen LogP contribution in [0.5, 0.6) is 46.0 Å². The Morgan fingerprint density at radius 1 is 0.342 bits per heavy atom. The van der Waals surface area contributed by atoms with Crippen LogP contribution in [-0.4, -0.2) is 201 Å². The lowest BCUT2D eigenvalue weighted by Gasteiger charge is -2.47. The Labute approximate surface area is 752 Å². The fourth-order valence-electron chi connectivity index (χ4n) is 16.8. The van der Waals surface area contributed by atoms with Crippen molar-refractivity contribution in [2.24, 2.45) is 93.9 Å². The predicted molar refractivity (Wildman–Crippen MR) is 471 cm³/mol. The van der Waals surface area contributed by atoms with Crippen molar-refractivity contribution in [1.29, 1.82) is 0 Å². The van der Waals surface area contributed by atoms with Gasteiger partial charge in [0.25, 0.3) is 0 Å². The molecule has 0 aromatic heterocycles. The molecule has 0 bridgehead atoms. The highest BCUT2D eigenvalue weighted by Gasteiger charge is 2.47. The number of methoxy groups -OCH3 is 8. The highest BCUT2D eigenvalue weighted by molar-refractivity contribution is 5.77. The summed E-state index contributed by atoms with van der Waals surface area (Å²) < 4.78 is 270. The third kappa shape index (κ3) is 23.8. The molecule has 4 fully saturated rings. The van der Waals surface area contributed by atoms with Crippen LogP contribution in [0.2, 0.25) is 0 Å². The van der Waals surface area contributed by atoms with Crippen LogP contribution in [-0.2, 0) is 63.6 Å². The molecule has 672 valence electrons. The molecule has 120 heavy (non-hydrogen) atoms. The summed E-state index contributed by atoms with van der Waals surface area (Å²) in [5.74, 6) is -2.53. The van der Waals surface area contributed by atoms with Crippen molar-refractivity contribution in [2.45, 2.75) is 260 Å². The standard InChI is InChI=1S/4C24H38N2O4/c4*1-14(2)9-17-13-26-8-7-16-10-21(28-5)22(29-6)11-18(16)19(26)12-20(17)30-24(27)23(25)15(3)4/h4*10-11,14-15,17,19-20,23H,7-9,12-13,25H2,1-6H3/t4*17?,19?,20?,23-/m0000/s1/i5D3,7D2,8D2,20D;7D2,8D2,20D;5D3,7D2,8D2;7D2,8D2. The molecule has 24 heteroatoms. The van der Waals surface area contributed by atoms with Crippen molar-refractivity contribution in [3.63, 3.8) is 0 Å². The lowest BCUT2D eigenvalue weighted by atomic mass is 9.79. The van der Waals surface area contributed by atoms with E-state index in [4.69, 9.17) is 110 Å². The Bertz CT molecular complexity index is 5150. The van der Waals surface area contributed by atoms with Gasteiger partial charge in [-0.1, -0.05) is 111 Å². The van der Waals surface area contributed by atoms with Crippen molar-refractivity contribution in [3.8, 4) is 46.0 Å². The van der Waals surface area contributed by atoms with Gasteiger partial charge >= 0.3 is 23.9 Å². The summed E-state index contributed by atoms with van der Waals surface area (Å²) in [6.07, 6.45) is -11.4. The van der Waals surface area contributed by atoms with E-state index in [1.807, 2.05) is 83.1 Å². The van der Waals surface area contributed by atoms with E-state index in [2.05, 4.69) is 13.8 Å². The number of nitrogens with zero attached hydrogens (tertiary/aromatic N) is 4. The monoisotopic (exact) mass is 1700 g/mol. The summed E-state index contributed by atoms with van der Waals surface area (Å²) in [5.41, 5.74) is 26.2. The van der Waals surface area contributed by atoms with E-state index in [0.29, 0.717) is 76.9 Å². The third-order valence-electron chi connectivity index (χ3n) is 23.7. The molecule has 16 atom stereocenters. The second kappa shape index (κ2) is 43.9. The van der Waals surface area contributed by atoms with Gasteiger partial charge in [0.05, 0.1) is 67.7 Å². The predicted octanol–water partition coefficient (Wildman–Crippen LogP) is 14.3. The quantitative estimate of drug-likeness (QED) is 0.0303. The summed E-state index contributed by atoms with van der Waals surface area (Å²) in [6.45, 7) is 21.5. The Morgan fingerprint density at radius 3 is 0.792 bits per heavy atom. The van der Waals surface area contributed by atoms with Crippen molar-refractivity contribution >= 4 is 23.9 Å². The lowest BCUT2D eigenvalue weighted by molar-refractivity contribution is -0.161. The van der Waals surface area contributed by atoms with Crippen LogP contribution in [0, 0.1) is 71.0 Å². The van der Waals surface area contributed by atoms with Gasteiger partial charge in [-0.3, -0.25) is 38.8 Å². The molecular formula is C96H152N8O16. The van der Waals surface area contributed by atoms with E-state index >= 15 is 0 Å². The van der Waals surface area contributed by atoms with E-state index in [0.717, 1.165) is 12.5 Å². The minimum atomic E-state index is -2.84. The fraction of sp³-hybridized carbons (Fsp3) is 0.708. The number of carbonyl (C=O) groups is 4. The average Bonchev–Trinajstić information content (AvgIpc) is 0.710. The first-order chi connectivity index (χ1) is 66.0. The van der Waals surface area contributed by atoms with Gasteiger partial charge in [0.1, 0.15) is 48.5 Å². The van der Waals surface area contributed by atoms with Crippen LogP contribution in [0.1, 0.15) is 264 Å². The zero-order chi connectivity index (χ0) is 109. The molecule has 12 unspecified atom stereocenters.